The number of ether oxygens (including phenoxy) is 3. The van der Waals surface area contributed by atoms with Gasteiger partial charge >= 0.3 is 0 Å². The van der Waals surface area contributed by atoms with E-state index >= 15 is 0 Å². The van der Waals surface area contributed by atoms with Crippen LogP contribution in [0.2, 0.25) is 0 Å². The molecule has 0 radical (unpaired) electrons. The van der Waals surface area contributed by atoms with Crippen molar-refractivity contribution in [1.29, 1.82) is 0 Å². The molecule has 0 aliphatic carbocycles. The summed E-state index contributed by atoms with van der Waals surface area (Å²) in [5, 5.41) is 13.7. The van der Waals surface area contributed by atoms with Crippen LogP contribution in [0.1, 0.15) is 5.56 Å². The minimum atomic E-state index is -0.576. The van der Waals surface area contributed by atoms with E-state index in [2.05, 4.69) is 5.32 Å². The molecule has 1 aliphatic rings. The van der Waals surface area contributed by atoms with Gasteiger partial charge in [-0.1, -0.05) is 0 Å². The van der Waals surface area contributed by atoms with Crippen LogP contribution in [0.5, 0.6) is 17.2 Å². The Balaban J connectivity index is 1.72. The molecule has 0 spiro atoms. The summed E-state index contributed by atoms with van der Waals surface area (Å²) in [6, 6.07) is 9.12. The van der Waals surface area contributed by atoms with Gasteiger partial charge in [0.25, 0.3) is 11.6 Å². The van der Waals surface area contributed by atoms with Crippen LogP contribution >= 0.6 is 0 Å². The number of nitrogens with zero attached hydrogens (tertiary/aromatic N) is 2. The number of rotatable bonds is 7. The highest BCUT2D eigenvalue weighted by molar-refractivity contribution is 6.02. The zero-order valence-corrected chi connectivity index (χ0v) is 15.8. The molecular weight excluding hydrogens is 382 g/mol. The number of nitro groups is 1. The van der Waals surface area contributed by atoms with Gasteiger partial charge in [-0.2, -0.15) is 0 Å². The van der Waals surface area contributed by atoms with E-state index in [1.54, 1.807) is 18.2 Å². The average molecular weight is 401 g/mol. The smallest absolute Gasteiger partial charge is 0.271 e. The SMILES string of the molecule is COc1cc(CNC(=O)CN2C(=O)COc3ccc([N+](=O)[O-])cc32)cc(OC)c1. The summed E-state index contributed by atoms with van der Waals surface area (Å²) in [6.45, 7) is -0.352. The molecule has 1 aliphatic heterocycles. The van der Waals surface area contributed by atoms with Gasteiger partial charge in [-0.3, -0.25) is 24.6 Å². The van der Waals surface area contributed by atoms with Crippen LogP contribution in [-0.4, -0.2) is 44.1 Å². The summed E-state index contributed by atoms with van der Waals surface area (Å²) in [5.41, 5.74) is 0.739. The van der Waals surface area contributed by atoms with Crippen molar-refractivity contribution in [2.45, 2.75) is 6.54 Å². The first kappa shape index (κ1) is 19.9. The predicted octanol–water partition coefficient (Wildman–Crippen LogP) is 1.65. The van der Waals surface area contributed by atoms with Crippen molar-refractivity contribution in [3.05, 3.63) is 52.1 Å². The van der Waals surface area contributed by atoms with E-state index in [1.165, 1.54) is 37.3 Å². The Labute approximate surface area is 166 Å². The lowest BCUT2D eigenvalue weighted by Crippen LogP contribution is -2.45. The highest BCUT2D eigenvalue weighted by atomic mass is 16.6. The van der Waals surface area contributed by atoms with Gasteiger partial charge in [0.15, 0.2) is 6.61 Å². The quantitative estimate of drug-likeness (QED) is 0.553. The lowest BCUT2D eigenvalue weighted by Gasteiger charge is -2.28. The van der Waals surface area contributed by atoms with E-state index in [9.17, 15) is 19.7 Å². The Morgan fingerprint density at radius 3 is 2.52 bits per heavy atom. The molecule has 152 valence electrons. The molecule has 10 heteroatoms. The summed E-state index contributed by atoms with van der Waals surface area (Å²) >= 11 is 0. The number of non-ortho nitro benzene ring substituents is 1. The van der Waals surface area contributed by atoms with Crippen molar-refractivity contribution in [1.82, 2.24) is 5.32 Å². The normalized spacial score (nSPS) is 12.6. The van der Waals surface area contributed by atoms with E-state index in [0.717, 1.165) is 5.56 Å². The standard InChI is InChI=1S/C19H19N3O7/c1-27-14-5-12(6-15(8-14)28-2)9-20-18(23)10-21-16-7-13(22(25)26)3-4-17(16)29-11-19(21)24/h3-8H,9-11H2,1-2H3,(H,20,23). The van der Waals surface area contributed by atoms with Crippen LogP contribution in [-0.2, 0) is 16.1 Å². The Bertz CT molecular complexity index is 939. The minimum absolute atomic E-state index is 0.187. The third-order valence-corrected chi connectivity index (χ3v) is 4.30. The van der Waals surface area contributed by atoms with Gasteiger partial charge in [0.1, 0.15) is 23.8 Å². The number of carbonyl (C=O) groups is 2. The number of anilines is 1. The van der Waals surface area contributed by atoms with E-state index < -0.39 is 16.7 Å². The molecule has 2 aromatic carbocycles. The molecule has 10 nitrogen and oxygen atoms in total. The highest BCUT2D eigenvalue weighted by Crippen LogP contribution is 2.35. The fourth-order valence-electron chi connectivity index (χ4n) is 2.85. The molecule has 3 rings (SSSR count). The number of fused-ring (bicyclic) bond motifs is 1. The van der Waals surface area contributed by atoms with Gasteiger partial charge in [0.05, 0.1) is 24.8 Å². The van der Waals surface area contributed by atoms with Gasteiger partial charge in [0, 0.05) is 24.7 Å². The second-order valence-corrected chi connectivity index (χ2v) is 6.18. The van der Waals surface area contributed by atoms with Crippen molar-refractivity contribution in [3.8, 4) is 17.2 Å². The fourth-order valence-corrected chi connectivity index (χ4v) is 2.85. The second kappa shape index (κ2) is 8.46. The summed E-state index contributed by atoms with van der Waals surface area (Å²) in [4.78, 5) is 36.3. The van der Waals surface area contributed by atoms with Gasteiger partial charge in [0.2, 0.25) is 5.91 Å². The molecule has 2 aromatic rings. The zero-order valence-electron chi connectivity index (χ0n) is 15.8. The predicted molar refractivity (Wildman–Crippen MR) is 102 cm³/mol. The third-order valence-electron chi connectivity index (χ3n) is 4.30. The molecule has 29 heavy (non-hydrogen) atoms. The van der Waals surface area contributed by atoms with E-state index in [-0.39, 0.29) is 31.1 Å². The molecule has 1 N–H and O–H groups in total. The maximum atomic E-state index is 12.4. The molecule has 1 heterocycles. The van der Waals surface area contributed by atoms with Crippen molar-refractivity contribution >= 4 is 23.2 Å². The van der Waals surface area contributed by atoms with Crippen molar-refractivity contribution < 1.29 is 28.7 Å². The number of carbonyl (C=O) groups excluding carboxylic acids is 2. The van der Waals surface area contributed by atoms with Crippen LogP contribution in [0.15, 0.2) is 36.4 Å². The minimum Gasteiger partial charge on any atom is -0.497 e. The molecule has 0 atom stereocenters. The zero-order chi connectivity index (χ0) is 21.0. The molecule has 0 fully saturated rings. The Kier molecular flexibility index (Phi) is 5.82. The molecule has 2 amide bonds. The Morgan fingerprint density at radius 1 is 1.21 bits per heavy atom. The largest absolute Gasteiger partial charge is 0.497 e. The molecule has 0 bridgehead atoms. The maximum Gasteiger partial charge on any atom is 0.271 e. The summed E-state index contributed by atoms with van der Waals surface area (Å²) in [5.74, 6) is 0.576. The maximum absolute atomic E-state index is 12.4. The van der Waals surface area contributed by atoms with Gasteiger partial charge in [-0.15, -0.1) is 0 Å². The van der Waals surface area contributed by atoms with Gasteiger partial charge < -0.3 is 19.5 Å². The first-order chi connectivity index (χ1) is 13.9. The molecule has 0 aromatic heterocycles. The Morgan fingerprint density at radius 2 is 1.90 bits per heavy atom. The summed E-state index contributed by atoms with van der Waals surface area (Å²) < 4.78 is 15.7. The first-order valence-electron chi connectivity index (χ1n) is 8.61. The van der Waals surface area contributed by atoms with Crippen LogP contribution in [0.4, 0.5) is 11.4 Å². The first-order valence-corrected chi connectivity index (χ1v) is 8.61. The van der Waals surface area contributed by atoms with E-state index in [1.807, 2.05) is 0 Å². The van der Waals surface area contributed by atoms with Crippen LogP contribution in [0, 0.1) is 10.1 Å². The summed E-state index contributed by atoms with van der Waals surface area (Å²) in [7, 11) is 3.05. The number of nitrogens with one attached hydrogen (secondary N) is 1. The van der Waals surface area contributed by atoms with Crippen LogP contribution in [0.3, 0.4) is 0 Å². The van der Waals surface area contributed by atoms with Gasteiger partial charge in [-0.05, 0) is 23.8 Å². The molecular formula is C19H19N3O7. The third kappa shape index (κ3) is 4.54. The highest BCUT2D eigenvalue weighted by Gasteiger charge is 2.29. The molecule has 0 saturated heterocycles. The van der Waals surface area contributed by atoms with Crippen molar-refractivity contribution in [2.75, 3.05) is 32.3 Å². The lowest BCUT2D eigenvalue weighted by atomic mass is 10.2. The van der Waals surface area contributed by atoms with E-state index in [4.69, 9.17) is 14.2 Å². The lowest BCUT2D eigenvalue weighted by molar-refractivity contribution is -0.384. The number of hydrogen-bond acceptors (Lipinski definition) is 7. The average Bonchev–Trinajstić information content (AvgIpc) is 2.73. The summed E-state index contributed by atoms with van der Waals surface area (Å²) in [6.07, 6.45) is 0. The number of nitro benzene ring substituents is 1. The van der Waals surface area contributed by atoms with Crippen molar-refractivity contribution in [3.63, 3.8) is 0 Å². The number of hydrogen-bond donors (Lipinski definition) is 1. The van der Waals surface area contributed by atoms with Crippen LogP contribution in [0.25, 0.3) is 0 Å². The number of benzene rings is 2. The van der Waals surface area contributed by atoms with Crippen LogP contribution < -0.4 is 24.4 Å². The number of methoxy groups -OCH3 is 2. The number of amides is 2. The van der Waals surface area contributed by atoms with E-state index in [0.29, 0.717) is 17.2 Å². The van der Waals surface area contributed by atoms with Crippen molar-refractivity contribution in [2.24, 2.45) is 0 Å². The molecule has 0 unspecified atom stereocenters. The fraction of sp³-hybridized carbons (Fsp3) is 0.263. The topological polar surface area (TPSA) is 120 Å². The second-order valence-electron chi connectivity index (χ2n) is 6.18. The molecule has 0 saturated carbocycles. The Hall–Kier alpha value is -3.82. The monoisotopic (exact) mass is 401 g/mol. The van der Waals surface area contributed by atoms with Gasteiger partial charge in [-0.25, -0.2) is 0 Å².